The maximum absolute atomic E-state index is 12.0. The largest absolute Gasteiger partial charge is 0.363 e. The van der Waals surface area contributed by atoms with Crippen molar-refractivity contribution in [1.29, 1.82) is 0 Å². The van der Waals surface area contributed by atoms with Gasteiger partial charge in [0.1, 0.15) is 11.0 Å². The highest BCUT2D eigenvalue weighted by Gasteiger charge is 2.37. The van der Waals surface area contributed by atoms with Crippen LogP contribution in [0.25, 0.3) is 0 Å². The van der Waals surface area contributed by atoms with E-state index in [1.165, 1.54) is 16.2 Å². The van der Waals surface area contributed by atoms with E-state index >= 15 is 0 Å². The number of rotatable bonds is 5. The van der Waals surface area contributed by atoms with Crippen LogP contribution < -0.4 is 10.6 Å². The first-order valence-electron chi connectivity index (χ1n) is 5.77. The van der Waals surface area contributed by atoms with Crippen LogP contribution in [0.5, 0.6) is 0 Å². The molecular weight excluding hydrogens is 254 g/mol. The third-order valence-corrected chi connectivity index (χ3v) is 3.58. The van der Waals surface area contributed by atoms with E-state index in [4.69, 9.17) is 0 Å². The second-order valence-corrected chi connectivity index (χ2v) is 5.03. The molecule has 1 aliphatic rings. The summed E-state index contributed by atoms with van der Waals surface area (Å²) in [6, 6.07) is -0.737. The van der Waals surface area contributed by atoms with Gasteiger partial charge in [-0.25, -0.2) is 4.79 Å². The lowest BCUT2D eigenvalue weighted by Crippen LogP contribution is -2.30. The summed E-state index contributed by atoms with van der Waals surface area (Å²) in [5, 5.41) is 14.6. The molecular formula is C10H15N5O2S. The summed E-state index contributed by atoms with van der Waals surface area (Å²) in [6.45, 7) is 2.16. The standard InChI is InChI=1S/C10H15N5O2S/c1-3-4-6-8(16)15(10(17)12-6)5-7-13-14-9(11-2)18-7/h6H,3-5H2,1-2H3,(H,11,14)(H,12,17). The van der Waals surface area contributed by atoms with E-state index in [0.717, 1.165) is 6.42 Å². The van der Waals surface area contributed by atoms with E-state index in [-0.39, 0.29) is 24.5 Å². The maximum atomic E-state index is 12.0. The van der Waals surface area contributed by atoms with E-state index in [0.29, 0.717) is 16.6 Å². The summed E-state index contributed by atoms with van der Waals surface area (Å²) in [5.74, 6) is -0.178. The van der Waals surface area contributed by atoms with Crippen LogP contribution in [0.4, 0.5) is 9.93 Å². The van der Waals surface area contributed by atoms with Crippen molar-refractivity contribution in [3.63, 3.8) is 0 Å². The van der Waals surface area contributed by atoms with Crippen LogP contribution in [0.1, 0.15) is 24.8 Å². The molecule has 0 radical (unpaired) electrons. The third kappa shape index (κ3) is 2.42. The van der Waals surface area contributed by atoms with Gasteiger partial charge in [-0.3, -0.25) is 9.69 Å². The molecule has 0 bridgehead atoms. The molecule has 7 nitrogen and oxygen atoms in total. The fraction of sp³-hybridized carbons (Fsp3) is 0.600. The summed E-state index contributed by atoms with van der Waals surface area (Å²) in [4.78, 5) is 24.9. The topological polar surface area (TPSA) is 87.2 Å². The number of anilines is 1. The zero-order valence-electron chi connectivity index (χ0n) is 10.3. The van der Waals surface area contributed by atoms with Crippen molar-refractivity contribution < 1.29 is 9.59 Å². The fourth-order valence-corrected chi connectivity index (χ4v) is 2.45. The Labute approximate surface area is 109 Å². The van der Waals surface area contributed by atoms with Gasteiger partial charge < -0.3 is 10.6 Å². The Kier molecular flexibility index (Phi) is 3.75. The Hall–Kier alpha value is -1.70. The van der Waals surface area contributed by atoms with Gasteiger partial charge >= 0.3 is 6.03 Å². The van der Waals surface area contributed by atoms with Crippen LogP contribution in [0.2, 0.25) is 0 Å². The summed E-state index contributed by atoms with van der Waals surface area (Å²) < 4.78 is 0. The number of carbonyl (C=O) groups excluding carboxylic acids is 2. The molecule has 2 heterocycles. The molecule has 0 aromatic carbocycles. The molecule has 98 valence electrons. The molecule has 1 unspecified atom stereocenters. The Morgan fingerprint density at radius 1 is 1.44 bits per heavy atom. The molecule has 0 saturated carbocycles. The average Bonchev–Trinajstić information content (AvgIpc) is 2.91. The zero-order chi connectivity index (χ0) is 13.1. The number of urea groups is 1. The number of hydrogen-bond donors (Lipinski definition) is 2. The quantitative estimate of drug-likeness (QED) is 0.772. The lowest BCUT2D eigenvalue weighted by atomic mass is 10.2. The van der Waals surface area contributed by atoms with Gasteiger partial charge in [0.25, 0.3) is 5.91 Å². The highest BCUT2D eigenvalue weighted by atomic mass is 32.1. The van der Waals surface area contributed by atoms with Crippen molar-refractivity contribution in [3.8, 4) is 0 Å². The molecule has 18 heavy (non-hydrogen) atoms. The maximum Gasteiger partial charge on any atom is 0.325 e. The lowest BCUT2D eigenvalue weighted by Gasteiger charge is -2.10. The summed E-state index contributed by atoms with van der Waals surface area (Å²) in [5.41, 5.74) is 0. The minimum absolute atomic E-state index is 0.178. The van der Waals surface area contributed by atoms with Crippen molar-refractivity contribution in [3.05, 3.63) is 5.01 Å². The number of aromatic nitrogens is 2. The number of imide groups is 1. The van der Waals surface area contributed by atoms with Gasteiger partial charge in [0.05, 0.1) is 6.54 Å². The minimum atomic E-state index is -0.390. The molecule has 3 amide bonds. The van der Waals surface area contributed by atoms with Gasteiger partial charge in [-0.15, -0.1) is 10.2 Å². The molecule has 1 aromatic rings. The normalized spacial score (nSPS) is 19.2. The van der Waals surface area contributed by atoms with Gasteiger partial charge in [-0.05, 0) is 6.42 Å². The first kappa shape index (κ1) is 12.7. The minimum Gasteiger partial charge on any atom is -0.363 e. The molecule has 1 fully saturated rings. The van der Waals surface area contributed by atoms with Crippen LogP contribution in [0, 0.1) is 0 Å². The number of hydrogen-bond acceptors (Lipinski definition) is 6. The third-order valence-electron chi connectivity index (χ3n) is 2.66. The highest BCUT2D eigenvalue weighted by molar-refractivity contribution is 7.15. The van der Waals surface area contributed by atoms with E-state index in [1.807, 2.05) is 6.92 Å². The van der Waals surface area contributed by atoms with Crippen LogP contribution >= 0.6 is 11.3 Å². The van der Waals surface area contributed by atoms with E-state index < -0.39 is 0 Å². The van der Waals surface area contributed by atoms with Crippen LogP contribution in [-0.4, -0.2) is 40.1 Å². The molecule has 0 spiro atoms. The van der Waals surface area contributed by atoms with Gasteiger partial charge in [-0.1, -0.05) is 24.7 Å². The van der Waals surface area contributed by atoms with Gasteiger partial charge in [0.2, 0.25) is 5.13 Å². The average molecular weight is 269 g/mol. The van der Waals surface area contributed by atoms with Crippen LogP contribution in [0.15, 0.2) is 0 Å². The Morgan fingerprint density at radius 3 is 2.83 bits per heavy atom. The van der Waals surface area contributed by atoms with Crippen LogP contribution in [0.3, 0.4) is 0 Å². The first-order valence-corrected chi connectivity index (χ1v) is 6.59. The highest BCUT2D eigenvalue weighted by Crippen LogP contribution is 2.19. The van der Waals surface area contributed by atoms with Gasteiger partial charge in [-0.2, -0.15) is 0 Å². The molecule has 0 aliphatic carbocycles. The van der Waals surface area contributed by atoms with Crippen molar-refractivity contribution in [2.75, 3.05) is 12.4 Å². The van der Waals surface area contributed by atoms with Crippen molar-refractivity contribution in [2.24, 2.45) is 0 Å². The Morgan fingerprint density at radius 2 is 2.22 bits per heavy atom. The number of amides is 3. The van der Waals surface area contributed by atoms with E-state index in [9.17, 15) is 9.59 Å². The number of nitrogens with one attached hydrogen (secondary N) is 2. The van der Waals surface area contributed by atoms with Gasteiger partial charge in [0.15, 0.2) is 0 Å². The summed E-state index contributed by atoms with van der Waals surface area (Å²) in [7, 11) is 1.75. The van der Waals surface area contributed by atoms with Crippen molar-refractivity contribution >= 4 is 28.4 Å². The Balaban J connectivity index is 2.04. The fourth-order valence-electron chi connectivity index (χ4n) is 1.76. The van der Waals surface area contributed by atoms with E-state index in [1.54, 1.807) is 7.05 Å². The molecule has 2 rings (SSSR count). The lowest BCUT2D eigenvalue weighted by molar-refractivity contribution is -0.128. The Bertz CT molecular complexity index is 461. The molecule has 1 saturated heterocycles. The monoisotopic (exact) mass is 269 g/mol. The molecule has 1 atom stereocenters. The van der Waals surface area contributed by atoms with Crippen LogP contribution in [-0.2, 0) is 11.3 Å². The second-order valence-electron chi connectivity index (χ2n) is 3.97. The first-order chi connectivity index (χ1) is 8.65. The SMILES string of the molecule is CCCC1NC(=O)N(Cc2nnc(NC)s2)C1=O. The summed E-state index contributed by atoms with van der Waals surface area (Å²) in [6.07, 6.45) is 1.52. The van der Waals surface area contributed by atoms with Crippen molar-refractivity contribution in [1.82, 2.24) is 20.4 Å². The molecule has 1 aromatic heterocycles. The van der Waals surface area contributed by atoms with Gasteiger partial charge in [0, 0.05) is 7.05 Å². The van der Waals surface area contributed by atoms with E-state index in [2.05, 4.69) is 20.8 Å². The molecule has 8 heteroatoms. The predicted octanol–water partition coefficient (Wildman–Crippen LogP) is 0.800. The molecule has 1 aliphatic heterocycles. The summed E-state index contributed by atoms with van der Waals surface area (Å²) >= 11 is 1.33. The number of nitrogens with zero attached hydrogens (tertiary/aromatic N) is 3. The smallest absolute Gasteiger partial charge is 0.325 e. The number of carbonyl (C=O) groups is 2. The molecule has 2 N–H and O–H groups in total. The second kappa shape index (κ2) is 5.30. The predicted molar refractivity (Wildman–Crippen MR) is 67.2 cm³/mol. The zero-order valence-corrected chi connectivity index (χ0v) is 11.1. The van der Waals surface area contributed by atoms with Crippen molar-refractivity contribution in [2.45, 2.75) is 32.4 Å².